The largest absolute Gasteiger partial charge is 0.364 e. The number of aromatic nitrogens is 3. The Labute approximate surface area is 146 Å². The molecule has 1 aromatic carbocycles. The van der Waals surface area contributed by atoms with Gasteiger partial charge in [-0.25, -0.2) is 4.98 Å². The zero-order valence-corrected chi connectivity index (χ0v) is 14.4. The second kappa shape index (κ2) is 6.44. The van der Waals surface area contributed by atoms with Crippen molar-refractivity contribution >= 4 is 39.3 Å². The number of nitrogens with two attached hydrogens (primary N) is 1. The number of primary amides is 1. The van der Waals surface area contributed by atoms with Crippen LogP contribution in [0, 0.1) is 13.8 Å². The molecule has 9 heteroatoms. The van der Waals surface area contributed by atoms with Crippen molar-refractivity contribution in [2.24, 2.45) is 5.73 Å². The maximum absolute atomic E-state index is 12.4. The lowest BCUT2D eigenvalue weighted by molar-refractivity contribution is -0.116. The molecule has 0 bridgehead atoms. The van der Waals surface area contributed by atoms with E-state index in [1.807, 2.05) is 26.0 Å². The Hall–Kier alpha value is -3.07. The van der Waals surface area contributed by atoms with Gasteiger partial charge in [-0.1, -0.05) is 12.1 Å². The fraction of sp³-hybridized carbons (Fsp3) is 0.188. The van der Waals surface area contributed by atoms with Gasteiger partial charge in [0.2, 0.25) is 5.91 Å². The van der Waals surface area contributed by atoms with Gasteiger partial charge >= 0.3 is 0 Å². The summed E-state index contributed by atoms with van der Waals surface area (Å²) in [5.74, 6) is -1.10. The Morgan fingerprint density at radius 2 is 2.08 bits per heavy atom. The first-order chi connectivity index (χ1) is 11.9. The lowest BCUT2D eigenvalue weighted by atomic mass is 10.1. The number of nitrogens with one attached hydrogen (secondary N) is 1. The predicted octanol–water partition coefficient (Wildman–Crippen LogP) is 1.21. The molecule has 3 rings (SSSR count). The van der Waals surface area contributed by atoms with Crippen molar-refractivity contribution in [1.82, 2.24) is 13.9 Å². The highest BCUT2D eigenvalue weighted by atomic mass is 32.1. The number of rotatable bonds is 4. The van der Waals surface area contributed by atoms with Crippen LogP contribution in [-0.4, -0.2) is 25.7 Å². The Morgan fingerprint density at radius 3 is 2.80 bits per heavy atom. The van der Waals surface area contributed by atoms with Gasteiger partial charge in [0.25, 0.3) is 11.5 Å². The molecule has 0 saturated heterocycles. The molecule has 0 aliphatic rings. The van der Waals surface area contributed by atoms with Crippen molar-refractivity contribution in [3.63, 3.8) is 0 Å². The normalized spacial score (nSPS) is 10.8. The fourth-order valence-electron chi connectivity index (χ4n) is 2.36. The number of benzene rings is 1. The first-order valence-corrected chi connectivity index (χ1v) is 8.16. The third kappa shape index (κ3) is 3.13. The number of carbonyl (C=O) groups is 2. The summed E-state index contributed by atoms with van der Waals surface area (Å²) < 4.78 is 5.22. The van der Waals surface area contributed by atoms with Crippen LogP contribution in [0.2, 0.25) is 0 Å². The summed E-state index contributed by atoms with van der Waals surface area (Å²) in [6, 6.07) is 5.60. The van der Waals surface area contributed by atoms with Crippen LogP contribution < -0.4 is 16.6 Å². The van der Waals surface area contributed by atoms with Gasteiger partial charge in [0, 0.05) is 5.69 Å². The summed E-state index contributed by atoms with van der Waals surface area (Å²) in [4.78, 5) is 40.0. The lowest BCUT2D eigenvalue weighted by Gasteiger charge is -2.11. The minimum atomic E-state index is -0.747. The fourth-order valence-corrected chi connectivity index (χ4v) is 3.15. The molecule has 3 aromatic rings. The lowest BCUT2D eigenvalue weighted by Crippen LogP contribution is -2.28. The van der Waals surface area contributed by atoms with Crippen LogP contribution in [0.3, 0.4) is 0 Å². The summed E-state index contributed by atoms with van der Waals surface area (Å²) in [6.07, 6.45) is 1.22. The van der Waals surface area contributed by atoms with E-state index in [4.69, 9.17) is 5.73 Å². The first kappa shape index (κ1) is 16.8. The second-order valence-electron chi connectivity index (χ2n) is 5.55. The van der Waals surface area contributed by atoms with E-state index >= 15 is 0 Å². The van der Waals surface area contributed by atoms with Crippen molar-refractivity contribution in [2.75, 3.05) is 5.32 Å². The van der Waals surface area contributed by atoms with Gasteiger partial charge in [0.1, 0.15) is 16.8 Å². The minimum Gasteiger partial charge on any atom is -0.364 e. The van der Waals surface area contributed by atoms with Crippen molar-refractivity contribution in [2.45, 2.75) is 20.4 Å². The van der Waals surface area contributed by atoms with E-state index < -0.39 is 11.5 Å². The van der Waals surface area contributed by atoms with Gasteiger partial charge < -0.3 is 11.1 Å². The van der Waals surface area contributed by atoms with Crippen LogP contribution in [0.15, 0.2) is 29.3 Å². The van der Waals surface area contributed by atoms with Crippen molar-refractivity contribution in [3.8, 4) is 0 Å². The zero-order valence-electron chi connectivity index (χ0n) is 13.6. The van der Waals surface area contributed by atoms with Gasteiger partial charge in [0.05, 0.1) is 6.33 Å². The maximum atomic E-state index is 12.4. The summed E-state index contributed by atoms with van der Waals surface area (Å²) in [5.41, 5.74) is 7.60. The maximum Gasteiger partial charge on any atom is 0.273 e. The number of hydrogen-bond donors (Lipinski definition) is 2. The third-order valence-electron chi connectivity index (χ3n) is 3.87. The average molecular weight is 357 g/mol. The van der Waals surface area contributed by atoms with E-state index in [0.717, 1.165) is 22.7 Å². The summed E-state index contributed by atoms with van der Waals surface area (Å²) in [7, 11) is 0. The van der Waals surface area contributed by atoms with E-state index in [-0.39, 0.29) is 28.4 Å². The molecular weight excluding hydrogens is 342 g/mol. The van der Waals surface area contributed by atoms with Gasteiger partial charge in [-0.2, -0.15) is 4.37 Å². The molecule has 0 unspecified atom stereocenters. The molecule has 0 spiro atoms. The van der Waals surface area contributed by atoms with E-state index in [1.165, 1.54) is 10.9 Å². The van der Waals surface area contributed by atoms with Crippen LogP contribution in [0.25, 0.3) is 10.2 Å². The summed E-state index contributed by atoms with van der Waals surface area (Å²) in [6.45, 7) is 3.67. The Morgan fingerprint density at radius 1 is 1.32 bits per heavy atom. The molecule has 0 fully saturated rings. The molecule has 0 aliphatic heterocycles. The molecule has 0 radical (unpaired) electrons. The molecule has 0 saturated carbocycles. The Balaban J connectivity index is 1.87. The number of fused-ring (bicyclic) bond motifs is 1. The van der Waals surface area contributed by atoms with Gasteiger partial charge in [0.15, 0.2) is 5.69 Å². The molecular formula is C16H15N5O3S. The molecule has 2 heterocycles. The van der Waals surface area contributed by atoms with Gasteiger partial charge in [-0.15, -0.1) is 0 Å². The molecule has 2 amide bonds. The summed E-state index contributed by atoms with van der Waals surface area (Å²) in [5, 5.41) is 2.79. The van der Waals surface area contributed by atoms with Crippen LogP contribution >= 0.6 is 11.5 Å². The highest BCUT2D eigenvalue weighted by Crippen LogP contribution is 2.18. The van der Waals surface area contributed by atoms with E-state index in [1.54, 1.807) is 6.07 Å². The van der Waals surface area contributed by atoms with E-state index in [0.29, 0.717) is 5.69 Å². The Bertz CT molecular complexity index is 1050. The van der Waals surface area contributed by atoms with Crippen LogP contribution in [0.4, 0.5) is 5.69 Å². The number of anilines is 1. The zero-order chi connectivity index (χ0) is 18.1. The van der Waals surface area contributed by atoms with E-state index in [2.05, 4.69) is 14.7 Å². The number of amides is 2. The van der Waals surface area contributed by atoms with Crippen LogP contribution in [-0.2, 0) is 11.3 Å². The van der Waals surface area contributed by atoms with Crippen LogP contribution in [0.5, 0.6) is 0 Å². The number of aryl methyl sites for hydroxylation is 1. The SMILES string of the molecule is Cc1cccc(NC(=O)Cn2cnc3c(C(N)=O)nsc3c2=O)c1C. The van der Waals surface area contributed by atoms with Gasteiger partial charge in [-0.3, -0.25) is 19.0 Å². The first-order valence-electron chi connectivity index (χ1n) is 7.39. The molecule has 8 nitrogen and oxygen atoms in total. The molecule has 128 valence electrons. The van der Waals surface area contributed by atoms with Gasteiger partial charge in [-0.05, 0) is 42.6 Å². The Kier molecular flexibility index (Phi) is 4.32. The number of nitrogens with zero attached hydrogens (tertiary/aromatic N) is 3. The van der Waals surface area contributed by atoms with Crippen LogP contribution in [0.1, 0.15) is 21.6 Å². The predicted molar refractivity (Wildman–Crippen MR) is 94.7 cm³/mol. The monoisotopic (exact) mass is 357 g/mol. The molecule has 2 aromatic heterocycles. The quantitative estimate of drug-likeness (QED) is 0.727. The molecule has 3 N–H and O–H groups in total. The number of carbonyl (C=O) groups excluding carboxylic acids is 2. The standard InChI is InChI=1S/C16H15N5O3S/c1-8-4-3-5-10(9(8)2)19-11(22)6-21-7-18-12-13(15(17)23)20-25-14(12)16(21)24/h3-5,7H,6H2,1-2H3,(H2,17,23)(H,19,22). The highest BCUT2D eigenvalue weighted by Gasteiger charge is 2.17. The highest BCUT2D eigenvalue weighted by molar-refractivity contribution is 7.13. The van der Waals surface area contributed by atoms with Crippen molar-refractivity contribution in [1.29, 1.82) is 0 Å². The minimum absolute atomic E-state index is 0.0379. The molecule has 0 atom stereocenters. The third-order valence-corrected chi connectivity index (χ3v) is 4.70. The topological polar surface area (TPSA) is 120 Å². The molecule has 0 aliphatic carbocycles. The van der Waals surface area contributed by atoms with Crippen molar-refractivity contribution < 1.29 is 9.59 Å². The summed E-state index contributed by atoms with van der Waals surface area (Å²) >= 11 is 0.840. The smallest absolute Gasteiger partial charge is 0.273 e. The molecule has 25 heavy (non-hydrogen) atoms. The van der Waals surface area contributed by atoms with E-state index in [9.17, 15) is 14.4 Å². The van der Waals surface area contributed by atoms with Crippen molar-refractivity contribution in [3.05, 3.63) is 51.7 Å². The second-order valence-corrected chi connectivity index (χ2v) is 6.32. The average Bonchev–Trinajstić information content (AvgIpc) is 2.99. The number of hydrogen-bond acceptors (Lipinski definition) is 6.